The molecule has 1 aliphatic rings. The predicted octanol–water partition coefficient (Wildman–Crippen LogP) is 1.40. The molecule has 1 saturated heterocycles. The third-order valence-corrected chi connectivity index (χ3v) is 3.46. The van der Waals surface area contributed by atoms with Crippen LogP contribution >= 0.6 is 11.6 Å². The van der Waals surface area contributed by atoms with Crippen molar-refractivity contribution in [3.05, 3.63) is 23.2 Å². The van der Waals surface area contributed by atoms with Crippen molar-refractivity contribution >= 4 is 29.3 Å². The van der Waals surface area contributed by atoms with Crippen LogP contribution in [-0.2, 0) is 4.79 Å². The van der Waals surface area contributed by atoms with Crippen molar-refractivity contribution < 1.29 is 24.5 Å². The summed E-state index contributed by atoms with van der Waals surface area (Å²) in [5, 5.41) is 21.6. The second-order valence-corrected chi connectivity index (χ2v) is 5.11. The summed E-state index contributed by atoms with van der Waals surface area (Å²) >= 11 is 5.86. The summed E-state index contributed by atoms with van der Waals surface area (Å²) in [5.41, 5.74) is 0.334. The van der Waals surface area contributed by atoms with Gasteiger partial charge in [-0.1, -0.05) is 11.6 Å². The molecular formula is C13H15ClN2O5. The van der Waals surface area contributed by atoms with Gasteiger partial charge in [-0.2, -0.15) is 0 Å². The van der Waals surface area contributed by atoms with Crippen LogP contribution in [0.1, 0.15) is 6.42 Å². The molecule has 1 aromatic carbocycles. The second-order valence-electron chi connectivity index (χ2n) is 4.67. The summed E-state index contributed by atoms with van der Waals surface area (Å²) in [4.78, 5) is 24.4. The van der Waals surface area contributed by atoms with Gasteiger partial charge in [-0.05, 0) is 18.2 Å². The Morgan fingerprint density at radius 3 is 2.81 bits per heavy atom. The lowest BCUT2D eigenvalue weighted by atomic mass is 10.2. The number of nitrogens with one attached hydrogen (secondary N) is 1. The van der Waals surface area contributed by atoms with Crippen molar-refractivity contribution in [2.24, 2.45) is 0 Å². The van der Waals surface area contributed by atoms with E-state index in [0.717, 1.165) is 4.90 Å². The van der Waals surface area contributed by atoms with E-state index in [1.54, 1.807) is 12.1 Å². The van der Waals surface area contributed by atoms with Crippen molar-refractivity contribution in [1.82, 2.24) is 4.90 Å². The van der Waals surface area contributed by atoms with Gasteiger partial charge in [0, 0.05) is 18.0 Å². The van der Waals surface area contributed by atoms with Crippen LogP contribution in [0.15, 0.2) is 18.2 Å². The number of aliphatic carboxylic acids is 1. The molecule has 21 heavy (non-hydrogen) atoms. The van der Waals surface area contributed by atoms with Gasteiger partial charge in [-0.15, -0.1) is 0 Å². The van der Waals surface area contributed by atoms with Gasteiger partial charge in [0.15, 0.2) is 0 Å². The molecule has 7 nitrogen and oxygen atoms in total. The number of carboxylic acid groups (broad SMARTS) is 1. The molecule has 0 aromatic heterocycles. The number of carbonyl (C=O) groups excluding carboxylic acids is 1. The average Bonchev–Trinajstić information content (AvgIpc) is 2.81. The van der Waals surface area contributed by atoms with Crippen LogP contribution in [0.25, 0.3) is 0 Å². The van der Waals surface area contributed by atoms with Gasteiger partial charge >= 0.3 is 12.0 Å². The molecule has 1 aliphatic heterocycles. The van der Waals surface area contributed by atoms with Gasteiger partial charge in [-0.25, -0.2) is 9.59 Å². The third-order valence-electron chi connectivity index (χ3n) is 3.23. The molecule has 8 heteroatoms. The van der Waals surface area contributed by atoms with E-state index >= 15 is 0 Å². The molecular weight excluding hydrogens is 300 g/mol. The van der Waals surface area contributed by atoms with Crippen molar-refractivity contribution in [2.45, 2.75) is 18.6 Å². The highest BCUT2D eigenvalue weighted by atomic mass is 35.5. The maximum Gasteiger partial charge on any atom is 0.326 e. The highest BCUT2D eigenvalue weighted by molar-refractivity contribution is 6.31. The number of aliphatic hydroxyl groups is 1. The monoisotopic (exact) mass is 314 g/mol. The molecule has 0 aliphatic carbocycles. The van der Waals surface area contributed by atoms with Gasteiger partial charge in [0.05, 0.1) is 18.9 Å². The number of urea groups is 1. The number of rotatable bonds is 3. The van der Waals surface area contributed by atoms with Gasteiger partial charge in [0.1, 0.15) is 11.8 Å². The normalized spacial score (nSPS) is 21.2. The van der Waals surface area contributed by atoms with Crippen LogP contribution in [0, 0.1) is 0 Å². The molecule has 2 atom stereocenters. The number of β-amino-alcohol motifs (C(OH)–C–C–N with tert-alkyl or cyclic N) is 1. The number of carbonyl (C=O) groups is 2. The van der Waals surface area contributed by atoms with Crippen molar-refractivity contribution in [1.29, 1.82) is 0 Å². The number of methoxy groups -OCH3 is 1. The highest BCUT2D eigenvalue weighted by Gasteiger charge is 2.39. The van der Waals surface area contributed by atoms with Crippen LogP contribution in [0.5, 0.6) is 5.75 Å². The Balaban J connectivity index is 2.18. The zero-order chi connectivity index (χ0) is 15.6. The molecule has 114 valence electrons. The number of carboxylic acids is 1. The quantitative estimate of drug-likeness (QED) is 0.783. The fourth-order valence-electron chi connectivity index (χ4n) is 2.24. The second kappa shape index (κ2) is 6.19. The van der Waals surface area contributed by atoms with Crippen LogP contribution in [0.3, 0.4) is 0 Å². The third kappa shape index (κ3) is 3.37. The van der Waals surface area contributed by atoms with E-state index in [0.29, 0.717) is 16.5 Å². The van der Waals surface area contributed by atoms with Crippen LogP contribution in [0.4, 0.5) is 10.5 Å². The van der Waals surface area contributed by atoms with Gasteiger partial charge in [0.2, 0.25) is 0 Å². The lowest BCUT2D eigenvalue weighted by Gasteiger charge is -2.22. The fraction of sp³-hybridized carbons (Fsp3) is 0.385. The summed E-state index contributed by atoms with van der Waals surface area (Å²) in [6, 6.07) is 3.02. The first-order valence-corrected chi connectivity index (χ1v) is 6.62. The number of ether oxygens (including phenoxy) is 1. The fourth-order valence-corrected chi connectivity index (χ4v) is 2.41. The number of halogens is 1. The van der Waals surface area contributed by atoms with Crippen molar-refractivity contribution in [2.75, 3.05) is 19.0 Å². The van der Waals surface area contributed by atoms with Gasteiger partial charge in [0.25, 0.3) is 0 Å². The Hall–Kier alpha value is -1.99. The van der Waals surface area contributed by atoms with Crippen LogP contribution in [0.2, 0.25) is 5.02 Å². The minimum atomic E-state index is -1.15. The van der Waals surface area contributed by atoms with E-state index < -0.39 is 24.1 Å². The molecule has 3 N–H and O–H groups in total. The molecule has 1 heterocycles. The molecule has 0 saturated carbocycles. The van der Waals surface area contributed by atoms with E-state index in [1.165, 1.54) is 13.2 Å². The Morgan fingerprint density at radius 1 is 1.48 bits per heavy atom. The minimum Gasteiger partial charge on any atom is -0.495 e. The predicted molar refractivity (Wildman–Crippen MR) is 75.8 cm³/mol. The summed E-state index contributed by atoms with van der Waals surface area (Å²) in [6.45, 7) is -0.0360. The largest absolute Gasteiger partial charge is 0.495 e. The lowest BCUT2D eigenvalue weighted by Crippen LogP contribution is -2.43. The van der Waals surface area contributed by atoms with Gasteiger partial charge in [-0.3, -0.25) is 0 Å². The Labute approximate surface area is 126 Å². The zero-order valence-corrected chi connectivity index (χ0v) is 12.0. The number of hydrogen-bond donors (Lipinski definition) is 3. The number of anilines is 1. The average molecular weight is 315 g/mol. The number of nitrogens with zero attached hydrogens (tertiary/aromatic N) is 1. The number of likely N-dealkylation sites (tertiary alicyclic amines) is 1. The molecule has 0 radical (unpaired) electrons. The number of benzene rings is 1. The van der Waals surface area contributed by atoms with E-state index in [1.807, 2.05) is 0 Å². The van der Waals surface area contributed by atoms with Crippen LogP contribution in [-0.4, -0.2) is 52.9 Å². The van der Waals surface area contributed by atoms with Crippen LogP contribution < -0.4 is 10.1 Å². The molecule has 0 bridgehead atoms. The van der Waals surface area contributed by atoms with E-state index in [2.05, 4.69) is 5.32 Å². The van der Waals surface area contributed by atoms with E-state index in [-0.39, 0.29) is 13.0 Å². The first kappa shape index (κ1) is 15.4. The summed E-state index contributed by atoms with van der Waals surface area (Å²) in [6.07, 6.45) is -0.840. The molecule has 0 unspecified atom stereocenters. The Bertz CT molecular complexity index is 565. The molecule has 0 spiro atoms. The zero-order valence-electron chi connectivity index (χ0n) is 11.2. The number of hydrogen-bond acceptors (Lipinski definition) is 4. The molecule has 1 fully saturated rings. The SMILES string of the molecule is COc1ccc(Cl)cc1NC(=O)N1C[C@H](O)C[C@@H]1C(=O)O. The smallest absolute Gasteiger partial charge is 0.326 e. The van der Waals surface area contributed by atoms with E-state index in [4.69, 9.17) is 21.4 Å². The summed E-state index contributed by atoms with van der Waals surface area (Å²) < 4.78 is 5.10. The van der Waals surface area contributed by atoms with Crippen molar-refractivity contribution in [3.8, 4) is 5.75 Å². The van der Waals surface area contributed by atoms with E-state index in [9.17, 15) is 14.7 Å². The summed E-state index contributed by atoms with van der Waals surface area (Å²) in [5.74, 6) is -0.751. The maximum absolute atomic E-state index is 12.2. The maximum atomic E-state index is 12.2. The highest BCUT2D eigenvalue weighted by Crippen LogP contribution is 2.29. The summed E-state index contributed by atoms with van der Waals surface area (Å²) in [7, 11) is 1.44. The Kier molecular flexibility index (Phi) is 4.54. The standard InChI is InChI=1S/C13H15ClN2O5/c1-21-11-3-2-7(14)4-9(11)15-13(20)16-6-8(17)5-10(16)12(18)19/h2-4,8,10,17H,5-6H2,1H3,(H,15,20)(H,18,19)/t8-,10-/m1/s1. The lowest BCUT2D eigenvalue weighted by molar-refractivity contribution is -0.141. The molecule has 1 aromatic rings. The molecule has 2 rings (SSSR count). The first-order chi connectivity index (χ1) is 9.92. The molecule has 2 amide bonds. The topological polar surface area (TPSA) is 99.1 Å². The minimum absolute atomic E-state index is 0.00936. The van der Waals surface area contributed by atoms with Crippen molar-refractivity contribution in [3.63, 3.8) is 0 Å². The first-order valence-electron chi connectivity index (χ1n) is 6.24. The van der Waals surface area contributed by atoms with Gasteiger partial charge < -0.3 is 25.2 Å². The number of amides is 2. The Morgan fingerprint density at radius 2 is 2.19 bits per heavy atom. The number of aliphatic hydroxyl groups excluding tert-OH is 1.